The number of benzene rings is 8. The maximum Gasteiger partial charge on any atom is 0.157 e. The Balaban J connectivity index is 1.05. The van der Waals surface area contributed by atoms with Crippen molar-refractivity contribution in [2.75, 3.05) is 4.90 Å². The predicted molar refractivity (Wildman–Crippen MR) is 235 cm³/mol. The molecule has 0 fully saturated rings. The molecule has 4 nitrogen and oxygen atoms in total. The molecule has 1 atom stereocenters. The van der Waals surface area contributed by atoms with Crippen molar-refractivity contribution in [1.29, 1.82) is 0 Å². The highest BCUT2D eigenvalue weighted by Gasteiger charge is 2.40. The van der Waals surface area contributed by atoms with Crippen LogP contribution in [0.15, 0.2) is 197 Å². The molecule has 0 saturated carbocycles. The summed E-state index contributed by atoms with van der Waals surface area (Å²) in [6.45, 7) is 4.76. The van der Waals surface area contributed by atoms with Gasteiger partial charge in [-0.25, -0.2) is 4.99 Å². The molecule has 1 aromatic heterocycles. The summed E-state index contributed by atoms with van der Waals surface area (Å²) < 4.78 is 6.48. The largest absolute Gasteiger partial charge is 0.456 e. The highest BCUT2D eigenvalue weighted by molar-refractivity contribution is 6.09. The van der Waals surface area contributed by atoms with Gasteiger partial charge in [-0.15, -0.1) is 0 Å². The van der Waals surface area contributed by atoms with Gasteiger partial charge in [0, 0.05) is 33.4 Å². The fourth-order valence-electron chi connectivity index (χ4n) is 9.19. The average Bonchev–Trinajstić information content (AvgIpc) is 3.76. The van der Waals surface area contributed by atoms with Gasteiger partial charge in [0.1, 0.15) is 23.1 Å². The number of nitrogens with one attached hydrogen (secondary N) is 1. The second-order valence-electron chi connectivity index (χ2n) is 15.6. The Hall–Kier alpha value is -7.17. The number of fused-ring (bicyclic) bond motifs is 8. The number of anilines is 3. The van der Waals surface area contributed by atoms with Crippen LogP contribution in [0.3, 0.4) is 0 Å². The van der Waals surface area contributed by atoms with Gasteiger partial charge in [0.15, 0.2) is 5.76 Å². The number of nitrogens with zero attached hydrogens (tertiary/aromatic N) is 2. The lowest BCUT2D eigenvalue weighted by Crippen LogP contribution is -2.32. The number of para-hydroxylation sites is 3. The van der Waals surface area contributed by atoms with Crippen LogP contribution in [-0.2, 0) is 5.41 Å². The first-order valence-corrected chi connectivity index (χ1v) is 19.7. The topological polar surface area (TPSA) is 40.8 Å². The van der Waals surface area contributed by atoms with Gasteiger partial charge in [0.2, 0.25) is 0 Å². The van der Waals surface area contributed by atoms with E-state index in [4.69, 9.17) is 9.41 Å². The lowest BCUT2D eigenvalue weighted by atomic mass is 9.79. The third kappa shape index (κ3) is 5.32. The first-order valence-electron chi connectivity index (χ1n) is 19.7. The summed E-state index contributed by atoms with van der Waals surface area (Å²) in [6, 6.07) is 67.0. The summed E-state index contributed by atoms with van der Waals surface area (Å²) in [7, 11) is 0. The molecule has 8 aromatic carbocycles. The summed E-state index contributed by atoms with van der Waals surface area (Å²) in [5.74, 6) is 1.69. The number of hydrogen-bond acceptors (Lipinski definition) is 4. The Morgan fingerprint density at radius 1 is 0.561 bits per heavy atom. The van der Waals surface area contributed by atoms with Crippen LogP contribution in [0.1, 0.15) is 47.9 Å². The van der Waals surface area contributed by atoms with Crippen LogP contribution in [0.5, 0.6) is 0 Å². The van der Waals surface area contributed by atoms with E-state index in [0.717, 1.165) is 56.4 Å². The molecular weight excluding hydrogens is 695 g/mol. The minimum absolute atomic E-state index is 0.169. The molecule has 2 aliphatic rings. The predicted octanol–water partition coefficient (Wildman–Crippen LogP) is 13.8. The molecule has 0 amide bonds. The number of furan rings is 1. The third-order valence-corrected chi connectivity index (χ3v) is 11.9. The van der Waals surface area contributed by atoms with Crippen molar-refractivity contribution in [3.8, 4) is 22.3 Å². The van der Waals surface area contributed by atoms with Crippen LogP contribution in [0, 0.1) is 0 Å². The minimum atomic E-state index is -0.269. The van der Waals surface area contributed by atoms with Crippen molar-refractivity contribution in [2.24, 2.45) is 4.99 Å². The van der Waals surface area contributed by atoms with E-state index in [9.17, 15) is 0 Å². The van der Waals surface area contributed by atoms with Gasteiger partial charge in [-0.05, 0) is 110 Å². The van der Waals surface area contributed by atoms with Crippen molar-refractivity contribution < 1.29 is 4.42 Å². The Bertz CT molecular complexity index is 2960. The van der Waals surface area contributed by atoms with Gasteiger partial charge in [-0.1, -0.05) is 141 Å². The Morgan fingerprint density at radius 2 is 1.16 bits per heavy atom. The Morgan fingerprint density at radius 3 is 1.88 bits per heavy atom. The highest BCUT2D eigenvalue weighted by atomic mass is 16.3. The van der Waals surface area contributed by atoms with Crippen molar-refractivity contribution >= 4 is 50.3 Å². The van der Waals surface area contributed by atoms with Gasteiger partial charge >= 0.3 is 0 Å². The second-order valence-corrected chi connectivity index (χ2v) is 15.6. The highest BCUT2D eigenvalue weighted by Crippen LogP contribution is 2.55. The lowest BCUT2D eigenvalue weighted by Gasteiger charge is -2.26. The van der Waals surface area contributed by atoms with E-state index in [-0.39, 0.29) is 11.5 Å². The third-order valence-electron chi connectivity index (χ3n) is 11.9. The summed E-state index contributed by atoms with van der Waals surface area (Å²) >= 11 is 0. The molecule has 11 rings (SSSR count). The molecule has 272 valence electrons. The average molecular weight is 734 g/mol. The van der Waals surface area contributed by atoms with Crippen LogP contribution in [0.4, 0.5) is 22.7 Å². The van der Waals surface area contributed by atoms with Crippen LogP contribution in [0.25, 0.3) is 44.0 Å². The zero-order valence-corrected chi connectivity index (χ0v) is 31.8. The maximum absolute atomic E-state index is 6.48. The molecule has 1 aliphatic heterocycles. The summed E-state index contributed by atoms with van der Waals surface area (Å²) in [6.07, 6.45) is 0. The molecule has 0 radical (unpaired) electrons. The van der Waals surface area contributed by atoms with Crippen LogP contribution in [-0.4, -0.2) is 5.84 Å². The van der Waals surface area contributed by atoms with Gasteiger partial charge in [0.05, 0.1) is 0 Å². The van der Waals surface area contributed by atoms with Crippen molar-refractivity contribution in [2.45, 2.75) is 25.3 Å². The first-order chi connectivity index (χ1) is 28.0. The van der Waals surface area contributed by atoms with E-state index in [1.807, 2.05) is 12.1 Å². The minimum Gasteiger partial charge on any atom is -0.456 e. The Labute approximate surface area is 332 Å². The molecular formula is C53H39N3O. The molecule has 1 unspecified atom stereocenters. The van der Waals surface area contributed by atoms with E-state index in [1.54, 1.807) is 0 Å². The van der Waals surface area contributed by atoms with Crippen molar-refractivity contribution in [3.63, 3.8) is 0 Å². The van der Waals surface area contributed by atoms with E-state index in [0.29, 0.717) is 0 Å². The summed E-state index contributed by atoms with van der Waals surface area (Å²) in [4.78, 5) is 7.60. The molecule has 4 heteroatoms. The summed E-state index contributed by atoms with van der Waals surface area (Å²) in [5, 5.41) is 7.37. The van der Waals surface area contributed by atoms with Gasteiger partial charge in [-0.3, -0.25) is 0 Å². The molecule has 0 spiro atoms. The van der Waals surface area contributed by atoms with Crippen LogP contribution < -0.4 is 10.2 Å². The smallest absolute Gasteiger partial charge is 0.157 e. The zero-order valence-electron chi connectivity index (χ0n) is 31.8. The number of hydrogen-bond donors (Lipinski definition) is 1. The molecule has 1 N–H and O–H groups in total. The zero-order chi connectivity index (χ0) is 38.1. The number of amidine groups is 1. The Kier molecular flexibility index (Phi) is 7.55. The van der Waals surface area contributed by atoms with Crippen LogP contribution >= 0.6 is 0 Å². The quantitative estimate of drug-likeness (QED) is 0.185. The normalized spacial score (nSPS) is 15.1. The maximum atomic E-state index is 6.48. The van der Waals surface area contributed by atoms with Gasteiger partial charge < -0.3 is 14.6 Å². The second kappa shape index (κ2) is 13.0. The molecule has 0 bridgehead atoms. The van der Waals surface area contributed by atoms with E-state index < -0.39 is 0 Å². The van der Waals surface area contributed by atoms with Gasteiger partial charge in [-0.2, -0.15) is 0 Å². The number of aliphatic imine (C=N–C) groups is 1. The first kappa shape index (κ1) is 33.2. The summed E-state index contributed by atoms with van der Waals surface area (Å²) in [5.41, 5.74) is 14.7. The molecule has 9 aromatic rings. The monoisotopic (exact) mass is 733 g/mol. The SMILES string of the molecule is CC1(C)c2cc(C3=Nc4c(oc5ccccc45)C(c4ccccc4)N3)ccc2-c2c(-c3ccc(N(c4ccccc4)c4ccccc4)cc3)cc3ccccc3c21. The fourth-order valence-corrected chi connectivity index (χ4v) is 9.19. The van der Waals surface area contributed by atoms with Crippen LogP contribution in [0.2, 0.25) is 0 Å². The number of rotatable bonds is 6. The lowest BCUT2D eigenvalue weighted by molar-refractivity contribution is 0.503. The van der Waals surface area contributed by atoms with Gasteiger partial charge in [0.25, 0.3) is 0 Å². The standard InChI is InChI=1S/C53H39N3O/c1-53(2)45-33-37(52-54-49(35-16-6-3-7-17-35)51-50(55-52)43-24-14-15-25-46(43)57-51)28-31-42(45)47-44(32-36-18-12-13-23-41(36)48(47)53)34-26-29-40(30-27-34)56(38-19-8-4-9-20-38)39-21-10-5-11-22-39/h3-33,49H,1-2H3,(H,54,55). The van der Waals surface area contributed by atoms with E-state index in [1.165, 1.54) is 44.2 Å². The fraction of sp³-hybridized carbons (Fsp3) is 0.0755. The van der Waals surface area contributed by atoms with Crippen molar-refractivity contribution in [1.82, 2.24) is 5.32 Å². The molecule has 2 heterocycles. The van der Waals surface area contributed by atoms with E-state index in [2.05, 4.69) is 200 Å². The molecule has 0 saturated heterocycles. The van der Waals surface area contributed by atoms with E-state index >= 15 is 0 Å². The molecule has 1 aliphatic carbocycles. The molecule has 57 heavy (non-hydrogen) atoms. The van der Waals surface area contributed by atoms with Crippen molar-refractivity contribution in [3.05, 3.63) is 216 Å².